The number of fused-ring (bicyclic) bond motifs is 15. The molecule has 10 aromatic heterocycles. The van der Waals surface area contributed by atoms with Gasteiger partial charge in [-0.1, -0.05) is 60.7 Å². The molecule has 0 amide bonds. The van der Waals surface area contributed by atoms with E-state index in [0.717, 1.165) is 150 Å². The topological polar surface area (TPSA) is 85.1 Å². The Morgan fingerprint density at radius 1 is 0.276 bits per heavy atom. The molecule has 0 bridgehead atoms. The van der Waals surface area contributed by atoms with Crippen LogP contribution in [-0.4, -0.2) is 0 Å². The molecule has 15 heteroatoms. The number of rotatable bonds is 5. The van der Waals surface area contributed by atoms with Gasteiger partial charge in [0.15, 0.2) is 29.0 Å². The van der Waals surface area contributed by atoms with E-state index in [4.69, 9.17) is 35.8 Å². The lowest BCUT2D eigenvalue weighted by atomic mass is 9.99. The van der Waals surface area contributed by atoms with Crippen LogP contribution in [0.3, 0.4) is 0 Å². The van der Waals surface area contributed by atoms with Crippen LogP contribution in [0.5, 0.6) is 0 Å². The van der Waals surface area contributed by atoms with Gasteiger partial charge in [-0.25, -0.2) is 26.5 Å². The van der Waals surface area contributed by atoms with Gasteiger partial charge in [0, 0.05) is 176 Å². The maximum atomic E-state index is 14.0. The van der Waals surface area contributed by atoms with E-state index in [9.17, 15) is 22.0 Å². The Bertz CT molecular complexity index is 7780. The molecule has 0 spiro atoms. The fraction of sp³-hybridized carbons (Fsp3) is 0.158. The second-order valence-electron chi connectivity index (χ2n) is 29.6. The van der Waals surface area contributed by atoms with Crippen molar-refractivity contribution in [3.63, 3.8) is 0 Å². The number of furan rings is 5. The maximum absolute atomic E-state index is 14.0. The molecule has 10 aromatic carbocycles. The van der Waals surface area contributed by atoms with Crippen molar-refractivity contribution in [2.45, 2.75) is 76.1 Å². The molecule has 116 heavy (non-hydrogen) atoms. The van der Waals surface area contributed by atoms with Crippen molar-refractivity contribution in [1.29, 1.82) is 0 Å². The van der Waals surface area contributed by atoms with Crippen LogP contribution in [0, 0.1) is 105 Å². The van der Waals surface area contributed by atoms with E-state index in [2.05, 4.69) is 58.7 Å². The van der Waals surface area contributed by atoms with E-state index in [1.807, 2.05) is 166 Å². The van der Waals surface area contributed by atoms with Gasteiger partial charge in [0.25, 0.3) is 0 Å². The van der Waals surface area contributed by atoms with Gasteiger partial charge in [-0.15, -0.1) is 0 Å². The zero-order valence-corrected chi connectivity index (χ0v) is 66.6. The minimum atomic E-state index is -2.19. The van der Waals surface area contributed by atoms with E-state index in [0.29, 0.717) is 55.9 Å². The first-order chi connectivity index (χ1) is 59.8. The van der Waals surface area contributed by atoms with Gasteiger partial charge < -0.3 is 22.1 Å². The van der Waals surface area contributed by atoms with Crippen molar-refractivity contribution in [1.82, 2.24) is 0 Å². The van der Waals surface area contributed by atoms with Crippen molar-refractivity contribution < 1.29 is 80.6 Å². The van der Waals surface area contributed by atoms with Crippen LogP contribution in [0.1, 0.15) is 75.4 Å². The average Bonchev–Trinajstić information content (AvgIpc) is 1.62. The normalized spacial score (nSPS) is 12.8. The summed E-state index contributed by atoms with van der Waals surface area (Å²) in [6, 6.07) is 55.2. The second kappa shape index (κ2) is 30.5. The third-order valence-electron chi connectivity index (χ3n) is 22.1. The molecule has 20 rings (SSSR count). The molecule has 0 aliphatic heterocycles. The quantitative estimate of drug-likeness (QED) is 0.127. The van der Waals surface area contributed by atoms with E-state index >= 15 is 0 Å². The van der Waals surface area contributed by atoms with Crippen LogP contribution >= 0.6 is 0 Å². The summed E-state index contributed by atoms with van der Waals surface area (Å²) in [6.45, 7) is 18.0. The number of hydrogen-bond acceptors (Lipinski definition) is 5. The van der Waals surface area contributed by atoms with Gasteiger partial charge in [0.2, 0.25) is 28.5 Å². The Morgan fingerprint density at radius 2 is 0.586 bits per heavy atom. The van der Waals surface area contributed by atoms with E-state index < -0.39 is 35.9 Å². The zero-order valence-electron chi connectivity index (χ0n) is 76.6. The number of benzene rings is 10. The van der Waals surface area contributed by atoms with Crippen LogP contribution in [0.25, 0.3) is 166 Å². The molecule has 0 saturated heterocycles. The van der Waals surface area contributed by atoms with E-state index in [1.165, 1.54) is 35.9 Å². The summed E-state index contributed by atoms with van der Waals surface area (Å²) >= 11 is 0. The van der Waals surface area contributed by atoms with Gasteiger partial charge in [0.1, 0.15) is 120 Å². The number of nitrogens with zero attached hydrogens (tertiary/aromatic N) is 5. The minimum absolute atomic E-state index is 0.186. The van der Waals surface area contributed by atoms with Crippen molar-refractivity contribution in [2.24, 2.45) is 35.2 Å². The molecule has 576 valence electrons. The molecular formula is C101H87F5N5O5+5. The van der Waals surface area contributed by atoms with Crippen LogP contribution < -0.4 is 22.8 Å². The number of aromatic nitrogens is 5. The monoisotopic (exact) mass is 1550 g/mol. The van der Waals surface area contributed by atoms with Gasteiger partial charge in [0.05, 0.1) is 37.4 Å². The second-order valence-corrected chi connectivity index (χ2v) is 29.6. The lowest BCUT2D eigenvalue weighted by Crippen LogP contribution is -2.35. The highest BCUT2D eigenvalue weighted by atomic mass is 19.1. The largest absolute Gasteiger partial charge is 0.455 e. The van der Waals surface area contributed by atoms with Crippen molar-refractivity contribution in [2.75, 3.05) is 0 Å². The van der Waals surface area contributed by atoms with Crippen LogP contribution in [-0.2, 0) is 35.2 Å². The average molecular weight is 1560 g/mol. The third kappa shape index (κ3) is 13.9. The molecule has 0 unspecified atom stereocenters. The summed E-state index contributed by atoms with van der Waals surface area (Å²) in [5.74, 6) is -3.22. The molecule has 0 radical (unpaired) electrons. The smallest absolute Gasteiger partial charge is 0.216 e. The molecule has 0 saturated carbocycles. The van der Waals surface area contributed by atoms with Crippen molar-refractivity contribution in [3.05, 3.63) is 327 Å². The van der Waals surface area contributed by atoms with Crippen LogP contribution in [0.4, 0.5) is 22.0 Å². The SMILES string of the molecule is [2H]c1c(F)ccc2c1oc1c(-c3cc(C)cc(C)[n+]3C)c(C)ccc12.[2H]c1c(F)ccc2c1oc1c(-c3ccc(C([2H])([2H])[2H])c[n+]3C)c(C)ccc12.[2H]c1c(F)ccc2c1oc1c(-c3cccc(C)[n+]3C)c(C)ccc12.[2H]c1cc(C)[n+](C)c(-c2c(C)ccc3c2oc2c([2H])c(F)ccc23)c1.[2H]c1cc2c(oc3c(-c4cccc(C)[n+]4C)c(C)ccc32)c([2H])c1F. The molecule has 0 aliphatic carbocycles. The first-order valence-electron chi connectivity index (χ1n) is 42.8. The third-order valence-corrected chi connectivity index (χ3v) is 22.1. The minimum Gasteiger partial charge on any atom is -0.455 e. The summed E-state index contributed by atoms with van der Waals surface area (Å²) in [6.07, 6.45) is 1.58. The summed E-state index contributed by atoms with van der Waals surface area (Å²) in [5, 5.41) is 7.79. The Hall–Kier alpha value is -13.4. The molecule has 0 N–H and O–H groups in total. The van der Waals surface area contributed by atoms with Gasteiger partial charge in [-0.2, -0.15) is 18.3 Å². The first-order valence-corrected chi connectivity index (χ1v) is 37.8. The lowest BCUT2D eigenvalue weighted by molar-refractivity contribution is -0.666. The highest BCUT2D eigenvalue weighted by Gasteiger charge is 2.28. The number of hydrogen-bond donors (Lipinski definition) is 0. The maximum Gasteiger partial charge on any atom is 0.216 e. The predicted octanol–water partition coefficient (Wildman–Crippen LogP) is 24.5. The highest BCUT2D eigenvalue weighted by molar-refractivity contribution is 6.14. The molecule has 10 heterocycles. The standard InChI is InChI=1S/C21H19FNO.4C20H17FNO/c1-12-9-14(3)23(4)18(10-12)20-13(2)5-7-17-16-8-6-15(22)11-19(16)24-21(17)20;1-12-4-9-17(22(3)11-12)19-13(2)5-7-16-15-8-6-14(21)10-18(15)23-20(16)19;3*1-12-7-9-16-15-10-8-14(21)11-18(15)23-20(16)19(12)17-6-4-5-13(2)22(17)3/h5-11H,1-4H3;4*4-11H,1-3H3/q5*+1/i11D;1D3,10D;8D,11D;4D,11D;11D. The predicted molar refractivity (Wildman–Crippen MR) is 454 cm³/mol. The molecule has 0 aliphatic rings. The fourth-order valence-electron chi connectivity index (χ4n) is 15.6. The summed E-state index contributed by atoms with van der Waals surface area (Å²) < 4.78 is 187. The lowest BCUT2D eigenvalue weighted by Gasteiger charge is -2.08. The Balaban J connectivity index is 0.000000116. The van der Waals surface area contributed by atoms with E-state index in [1.54, 1.807) is 66.3 Å². The Labute approximate surface area is 682 Å². The summed E-state index contributed by atoms with van der Waals surface area (Å²) in [5.41, 5.74) is 24.6. The van der Waals surface area contributed by atoms with E-state index in [-0.39, 0.29) is 58.6 Å². The Kier molecular flexibility index (Phi) is 17.1. The van der Waals surface area contributed by atoms with Crippen molar-refractivity contribution >= 4 is 110 Å². The molecule has 0 fully saturated rings. The van der Waals surface area contributed by atoms with Crippen molar-refractivity contribution in [3.8, 4) is 56.3 Å². The molecule has 20 aromatic rings. The van der Waals surface area contributed by atoms with Crippen LogP contribution in [0.2, 0.25) is 0 Å². The van der Waals surface area contributed by atoms with Gasteiger partial charge in [-0.05, 0) is 167 Å². The van der Waals surface area contributed by atoms with Gasteiger partial charge in [-0.3, -0.25) is 0 Å². The fourth-order valence-corrected chi connectivity index (χ4v) is 15.6. The Morgan fingerprint density at radius 3 is 0.948 bits per heavy atom. The molecule has 10 nitrogen and oxygen atoms in total. The highest BCUT2D eigenvalue weighted by Crippen LogP contribution is 2.43. The molecular weight excluding hydrogens is 1460 g/mol. The summed E-state index contributed by atoms with van der Waals surface area (Å²) in [4.78, 5) is 0. The molecule has 0 atom stereocenters. The number of pyridine rings is 5. The first kappa shape index (κ1) is 65.0. The number of aryl methyl sites for hydroxylation is 12. The zero-order chi connectivity index (χ0) is 90.1. The number of halogens is 5. The summed E-state index contributed by atoms with van der Waals surface area (Å²) in [7, 11) is 9.76. The van der Waals surface area contributed by atoms with Crippen LogP contribution in [0.15, 0.2) is 259 Å². The van der Waals surface area contributed by atoms with Gasteiger partial charge >= 0.3 is 0 Å².